The Kier molecular flexibility index (Phi) is 3.49. The third kappa shape index (κ3) is 2.62. The molecule has 0 bridgehead atoms. The highest BCUT2D eigenvalue weighted by molar-refractivity contribution is 5.50. The third-order valence-corrected chi connectivity index (χ3v) is 3.99. The summed E-state index contributed by atoms with van der Waals surface area (Å²) in [5, 5.41) is 3.68. The van der Waals surface area contributed by atoms with Crippen LogP contribution in [-0.4, -0.2) is 4.98 Å². The molecule has 2 nitrogen and oxygen atoms in total. The second-order valence-electron chi connectivity index (χ2n) is 5.33. The molecule has 1 aliphatic carbocycles. The number of fused-ring (bicyclic) bond motifs is 1. The van der Waals surface area contributed by atoms with Crippen molar-refractivity contribution < 1.29 is 0 Å². The quantitative estimate of drug-likeness (QED) is 0.807. The maximum absolute atomic E-state index is 4.23. The number of benzene rings is 1. The van der Waals surface area contributed by atoms with Gasteiger partial charge in [0.15, 0.2) is 0 Å². The molecule has 0 radical (unpaired) electrons. The fraction of sp³-hybridized carbons (Fsp3) is 0.353. The molecule has 0 spiro atoms. The lowest BCUT2D eigenvalue weighted by atomic mass is 9.99. The topological polar surface area (TPSA) is 24.9 Å². The molecule has 1 aliphatic rings. The van der Waals surface area contributed by atoms with Crippen LogP contribution in [0.5, 0.6) is 0 Å². The normalized spacial score (nSPS) is 18.5. The highest BCUT2D eigenvalue weighted by Crippen LogP contribution is 2.31. The van der Waals surface area contributed by atoms with Crippen LogP contribution in [-0.2, 0) is 6.42 Å². The Bertz CT molecular complexity index is 563. The molecule has 0 saturated carbocycles. The maximum Gasteiger partial charge on any atom is 0.0561 e. The summed E-state index contributed by atoms with van der Waals surface area (Å²) in [5.74, 6) is 0. The summed E-state index contributed by atoms with van der Waals surface area (Å²) in [6.07, 6.45) is 8.77. The number of anilines is 1. The lowest BCUT2D eigenvalue weighted by Gasteiger charge is -2.21. The van der Waals surface area contributed by atoms with Gasteiger partial charge < -0.3 is 5.32 Å². The molecule has 1 aromatic heterocycles. The van der Waals surface area contributed by atoms with Crippen molar-refractivity contribution in [3.05, 3.63) is 59.4 Å². The molecule has 1 heterocycles. The van der Waals surface area contributed by atoms with E-state index in [0.29, 0.717) is 6.04 Å². The number of hydrogen-bond acceptors (Lipinski definition) is 2. The minimum Gasteiger partial charge on any atom is -0.377 e. The molecule has 1 N–H and O–H groups in total. The molecule has 1 atom stereocenters. The van der Waals surface area contributed by atoms with Gasteiger partial charge in [-0.25, -0.2) is 0 Å². The summed E-state index contributed by atoms with van der Waals surface area (Å²) in [5.41, 5.74) is 5.38. The van der Waals surface area contributed by atoms with E-state index in [2.05, 4.69) is 47.6 Å². The number of aryl methyl sites for hydroxylation is 2. The Morgan fingerprint density at radius 2 is 2.05 bits per heavy atom. The van der Waals surface area contributed by atoms with Crippen molar-refractivity contribution in [2.75, 3.05) is 5.32 Å². The number of pyridine rings is 1. The fourth-order valence-electron chi connectivity index (χ4n) is 2.87. The van der Waals surface area contributed by atoms with Crippen LogP contribution in [0.1, 0.15) is 42.0 Å². The molecule has 0 saturated heterocycles. The van der Waals surface area contributed by atoms with Crippen LogP contribution in [0.15, 0.2) is 42.7 Å². The fourth-order valence-corrected chi connectivity index (χ4v) is 2.87. The average molecular weight is 252 g/mol. The summed E-state index contributed by atoms with van der Waals surface area (Å²) < 4.78 is 0. The first kappa shape index (κ1) is 12.2. The maximum atomic E-state index is 4.23. The molecule has 1 aromatic carbocycles. The summed E-state index contributed by atoms with van der Waals surface area (Å²) in [4.78, 5) is 4.23. The predicted octanol–water partition coefficient (Wildman–Crippen LogP) is 4.27. The minimum absolute atomic E-state index is 0.418. The zero-order chi connectivity index (χ0) is 13.1. The standard InChI is InChI=1S/C17H20N2/c1-13-10-11-18-12-17(13)19-16-9-5-3-7-14-6-2-4-8-15(14)16/h2,4,6,8,10-12,16,19H,3,5,7,9H2,1H3. The highest BCUT2D eigenvalue weighted by atomic mass is 14.9. The lowest BCUT2D eigenvalue weighted by molar-refractivity contribution is 0.643. The van der Waals surface area contributed by atoms with Crippen LogP contribution in [0.2, 0.25) is 0 Å². The van der Waals surface area contributed by atoms with E-state index in [-0.39, 0.29) is 0 Å². The van der Waals surface area contributed by atoms with Crippen LogP contribution in [0, 0.1) is 6.92 Å². The zero-order valence-corrected chi connectivity index (χ0v) is 11.4. The van der Waals surface area contributed by atoms with Gasteiger partial charge in [-0.15, -0.1) is 0 Å². The second kappa shape index (κ2) is 5.43. The average Bonchev–Trinajstić information content (AvgIpc) is 2.64. The largest absolute Gasteiger partial charge is 0.377 e. The second-order valence-corrected chi connectivity index (χ2v) is 5.33. The van der Waals surface area contributed by atoms with Crippen molar-refractivity contribution in [2.24, 2.45) is 0 Å². The zero-order valence-electron chi connectivity index (χ0n) is 11.4. The van der Waals surface area contributed by atoms with Crippen LogP contribution in [0.4, 0.5) is 5.69 Å². The Morgan fingerprint density at radius 3 is 2.95 bits per heavy atom. The van der Waals surface area contributed by atoms with Crippen molar-refractivity contribution in [2.45, 2.75) is 38.6 Å². The summed E-state index contributed by atoms with van der Waals surface area (Å²) in [6, 6.07) is 11.3. The van der Waals surface area contributed by atoms with E-state index in [1.54, 1.807) is 0 Å². The van der Waals surface area contributed by atoms with E-state index in [1.807, 2.05) is 12.4 Å². The number of aromatic nitrogens is 1. The van der Waals surface area contributed by atoms with Gasteiger partial charge in [0, 0.05) is 6.20 Å². The van der Waals surface area contributed by atoms with Gasteiger partial charge >= 0.3 is 0 Å². The first-order chi connectivity index (χ1) is 9.34. The van der Waals surface area contributed by atoms with Crippen LogP contribution < -0.4 is 5.32 Å². The first-order valence-corrected chi connectivity index (χ1v) is 7.09. The van der Waals surface area contributed by atoms with Gasteiger partial charge in [0.1, 0.15) is 0 Å². The molecular weight excluding hydrogens is 232 g/mol. The first-order valence-electron chi connectivity index (χ1n) is 7.09. The smallest absolute Gasteiger partial charge is 0.0561 e. The summed E-state index contributed by atoms with van der Waals surface area (Å²) in [7, 11) is 0. The van der Waals surface area contributed by atoms with Crippen molar-refractivity contribution in [1.29, 1.82) is 0 Å². The Morgan fingerprint density at radius 1 is 1.16 bits per heavy atom. The van der Waals surface area contributed by atoms with E-state index < -0.39 is 0 Å². The van der Waals surface area contributed by atoms with Crippen molar-refractivity contribution in [1.82, 2.24) is 4.98 Å². The lowest BCUT2D eigenvalue weighted by Crippen LogP contribution is -2.12. The molecule has 0 fully saturated rings. The summed E-state index contributed by atoms with van der Waals surface area (Å²) in [6.45, 7) is 2.13. The Hall–Kier alpha value is -1.83. The van der Waals surface area contributed by atoms with Crippen molar-refractivity contribution >= 4 is 5.69 Å². The van der Waals surface area contributed by atoms with Gasteiger partial charge in [-0.2, -0.15) is 0 Å². The van der Waals surface area contributed by atoms with E-state index >= 15 is 0 Å². The molecule has 2 aromatic rings. The molecule has 0 aliphatic heterocycles. The highest BCUT2D eigenvalue weighted by Gasteiger charge is 2.18. The number of nitrogens with one attached hydrogen (secondary N) is 1. The molecule has 3 rings (SSSR count). The van der Waals surface area contributed by atoms with Crippen molar-refractivity contribution in [3.63, 3.8) is 0 Å². The van der Waals surface area contributed by atoms with E-state index in [0.717, 1.165) is 5.69 Å². The van der Waals surface area contributed by atoms with Crippen LogP contribution >= 0.6 is 0 Å². The summed E-state index contributed by atoms with van der Waals surface area (Å²) >= 11 is 0. The van der Waals surface area contributed by atoms with Gasteiger partial charge in [0.05, 0.1) is 17.9 Å². The molecule has 19 heavy (non-hydrogen) atoms. The number of hydrogen-bond donors (Lipinski definition) is 1. The van der Waals surface area contributed by atoms with Crippen LogP contribution in [0.3, 0.4) is 0 Å². The van der Waals surface area contributed by atoms with E-state index in [9.17, 15) is 0 Å². The van der Waals surface area contributed by atoms with Gasteiger partial charge in [-0.3, -0.25) is 4.98 Å². The molecule has 0 amide bonds. The Labute approximate surface area is 114 Å². The molecule has 2 heteroatoms. The Balaban J connectivity index is 1.91. The van der Waals surface area contributed by atoms with E-state index in [1.165, 1.54) is 42.4 Å². The van der Waals surface area contributed by atoms with E-state index in [4.69, 9.17) is 0 Å². The van der Waals surface area contributed by atoms with Gasteiger partial charge in [-0.05, 0) is 48.9 Å². The number of rotatable bonds is 2. The van der Waals surface area contributed by atoms with Gasteiger partial charge in [-0.1, -0.05) is 30.7 Å². The third-order valence-electron chi connectivity index (χ3n) is 3.99. The number of nitrogens with zero attached hydrogens (tertiary/aromatic N) is 1. The minimum atomic E-state index is 0.418. The van der Waals surface area contributed by atoms with Crippen molar-refractivity contribution in [3.8, 4) is 0 Å². The van der Waals surface area contributed by atoms with Gasteiger partial charge in [0.2, 0.25) is 0 Å². The SMILES string of the molecule is Cc1ccncc1NC1CCCCc2ccccc21. The molecule has 1 unspecified atom stereocenters. The molecule has 98 valence electrons. The van der Waals surface area contributed by atoms with Gasteiger partial charge in [0.25, 0.3) is 0 Å². The monoisotopic (exact) mass is 252 g/mol. The molecular formula is C17H20N2. The predicted molar refractivity (Wildman–Crippen MR) is 79.3 cm³/mol. The van der Waals surface area contributed by atoms with Crippen LogP contribution in [0.25, 0.3) is 0 Å².